The van der Waals surface area contributed by atoms with Gasteiger partial charge in [-0.05, 0) is 85.3 Å². The van der Waals surface area contributed by atoms with E-state index in [1.165, 1.54) is 49.9 Å². The number of hydrogen-bond acceptors (Lipinski definition) is 4. The van der Waals surface area contributed by atoms with Crippen LogP contribution in [0.2, 0.25) is 0 Å². The van der Waals surface area contributed by atoms with E-state index in [-0.39, 0.29) is 0 Å². The monoisotopic (exact) mass is 750 g/mol. The van der Waals surface area contributed by atoms with Gasteiger partial charge in [0, 0.05) is 58.0 Å². The van der Waals surface area contributed by atoms with Crippen LogP contribution in [0.5, 0.6) is 0 Å². The highest BCUT2D eigenvalue weighted by atomic mass is 14.9. The third-order valence-corrected chi connectivity index (χ3v) is 12.3. The van der Waals surface area contributed by atoms with E-state index in [0.717, 1.165) is 55.7 Å². The Morgan fingerprint density at radius 1 is 0.322 bits per heavy atom. The lowest BCUT2D eigenvalue weighted by molar-refractivity contribution is 0.794. The second kappa shape index (κ2) is 13.1. The lowest BCUT2D eigenvalue weighted by atomic mass is 9.70. The van der Waals surface area contributed by atoms with Crippen molar-refractivity contribution in [2.45, 2.75) is 5.41 Å². The van der Waals surface area contributed by atoms with E-state index < -0.39 is 5.41 Å². The quantitative estimate of drug-likeness (QED) is 0.176. The summed E-state index contributed by atoms with van der Waals surface area (Å²) < 4.78 is 0. The van der Waals surface area contributed by atoms with Gasteiger partial charge in [0.15, 0.2) is 5.82 Å². The summed E-state index contributed by atoms with van der Waals surface area (Å²) in [5.41, 5.74) is 18.9. The van der Waals surface area contributed by atoms with Gasteiger partial charge in [0.1, 0.15) is 0 Å². The van der Waals surface area contributed by atoms with E-state index in [1.807, 2.05) is 24.7 Å². The smallest absolute Gasteiger partial charge is 0.160 e. The van der Waals surface area contributed by atoms with Crippen molar-refractivity contribution in [3.63, 3.8) is 0 Å². The van der Waals surface area contributed by atoms with Crippen LogP contribution in [-0.2, 0) is 5.41 Å². The normalized spacial score (nSPS) is 12.9. The molecular formula is C55H34N4. The molecule has 4 heteroatoms. The number of rotatable bonds is 5. The summed E-state index contributed by atoms with van der Waals surface area (Å²) in [7, 11) is 0. The van der Waals surface area contributed by atoms with E-state index in [0.29, 0.717) is 5.82 Å². The van der Waals surface area contributed by atoms with Gasteiger partial charge in [-0.2, -0.15) is 0 Å². The van der Waals surface area contributed by atoms with Crippen molar-refractivity contribution in [2.75, 3.05) is 0 Å². The van der Waals surface area contributed by atoms with Gasteiger partial charge in [0.05, 0.1) is 16.8 Å². The summed E-state index contributed by atoms with van der Waals surface area (Å²) in [6.07, 6.45) is 7.58. The van der Waals surface area contributed by atoms with E-state index in [1.54, 1.807) is 6.20 Å². The maximum Gasteiger partial charge on any atom is 0.160 e. The van der Waals surface area contributed by atoms with Crippen molar-refractivity contribution in [2.24, 2.45) is 0 Å². The Labute approximate surface area is 342 Å². The van der Waals surface area contributed by atoms with Crippen molar-refractivity contribution in [3.05, 3.63) is 229 Å². The molecule has 12 rings (SSSR count). The van der Waals surface area contributed by atoms with Crippen LogP contribution < -0.4 is 0 Å². The zero-order chi connectivity index (χ0) is 38.9. The Hall–Kier alpha value is -7.82. The first-order valence-electron chi connectivity index (χ1n) is 20.0. The molecule has 0 amide bonds. The standard InChI is InChI=1S/C55H34N4/c1-2-15-42-41(11-1)33-57-34-47(42)35-22-24-36(25-23-35)52-31-53(38-13-9-12-37(29-38)40-14-10-28-56-32-40)59-54(58-52)39-26-27-46-45-18-5-8-21-50(45)55(51(46)30-39)48-19-6-3-16-43(48)44-17-4-7-20-49(44)55/h1-34H. The maximum atomic E-state index is 5.38. The average Bonchev–Trinajstić information content (AvgIpc) is 3.79. The number of benzene rings is 7. The molecule has 10 aromatic rings. The molecule has 7 aromatic carbocycles. The van der Waals surface area contributed by atoms with E-state index in [2.05, 4.69) is 186 Å². The van der Waals surface area contributed by atoms with Gasteiger partial charge in [0.25, 0.3) is 0 Å². The van der Waals surface area contributed by atoms with Crippen LogP contribution in [0.4, 0.5) is 0 Å². The fourth-order valence-electron chi connectivity index (χ4n) is 9.66. The number of nitrogens with zero attached hydrogens (tertiary/aromatic N) is 4. The van der Waals surface area contributed by atoms with Gasteiger partial charge in [-0.3, -0.25) is 9.97 Å². The molecular weight excluding hydrogens is 717 g/mol. The van der Waals surface area contributed by atoms with Gasteiger partial charge in [-0.1, -0.05) is 158 Å². The molecule has 0 N–H and O–H groups in total. The lowest BCUT2D eigenvalue weighted by Gasteiger charge is -2.30. The van der Waals surface area contributed by atoms with E-state index >= 15 is 0 Å². The second-order valence-electron chi connectivity index (χ2n) is 15.4. The molecule has 1 spiro atoms. The molecule has 2 aliphatic carbocycles. The van der Waals surface area contributed by atoms with Crippen LogP contribution >= 0.6 is 0 Å². The largest absolute Gasteiger partial charge is 0.264 e. The molecule has 2 aliphatic rings. The minimum Gasteiger partial charge on any atom is -0.264 e. The molecule has 0 saturated heterocycles. The lowest BCUT2D eigenvalue weighted by Crippen LogP contribution is -2.25. The third-order valence-electron chi connectivity index (χ3n) is 12.3. The molecule has 0 unspecified atom stereocenters. The van der Waals surface area contributed by atoms with E-state index in [4.69, 9.17) is 9.97 Å². The fourth-order valence-corrected chi connectivity index (χ4v) is 9.66. The predicted molar refractivity (Wildman–Crippen MR) is 239 cm³/mol. The first-order valence-corrected chi connectivity index (χ1v) is 20.0. The van der Waals surface area contributed by atoms with Crippen LogP contribution in [0.25, 0.3) is 89.2 Å². The highest BCUT2D eigenvalue weighted by Crippen LogP contribution is 2.63. The van der Waals surface area contributed by atoms with Crippen molar-refractivity contribution < 1.29 is 0 Å². The van der Waals surface area contributed by atoms with Crippen LogP contribution in [-0.4, -0.2) is 19.9 Å². The molecule has 0 fully saturated rings. The Morgan fingerprint density at radius 2 is 0.915 bits per heavy atom. The van der Waals surface area contributed by atoms with Crippen molar-refractivity contribution in [3.8, 4) is 78.4 Å². The molecule has 0 saturated carbocycles. The molecule has 0 aliphatic heterocycles. The minimum absolute atomic E-state index is 0.458. The highest BCUT2D eigenvalue weighted by Gasteiger charge is 2.51. The molecule has 59 heavy (non-hydrogen) atoms. The van der Waals surface area contributed by atoms with Gasteiger partial charge in [-0.15, -0.1) is 0 Å². The number of fused-ring (bicyclic) bond motifs is 11. The summed E-state index contributed by atoms with van der Waals surface area (Å²) in [5.74, 6) is 0.681. The van der Waals surface area contributed by atoms with Gasteiger partial charge in [0.2, 0.25) is 0 Å². The number of pyridine rings is 2. The zero-order valence-electron chi connectivity index (χ0n) is 31.9. The summed E-state index contributed by atoms with van der Waals surface area (Å²) in [6.45, 7) is 0. The maximum absolute atomic E-state index is 5.38. The number of aromatic nitrogens is 4. The first-order chi connectivity index (χ1) is 29.2. The summed E-state index contributed by atoms with van der Waals surface area (Å²) in [6, 6.07) is 65.4. The van der Waals surface area contributed by atoms with Crippen molar-refractivity contribution >= 4 is 10.8 Å². The zero-order valence-corrected chi connectivity index (χ0v) is 31.9. The Kier molecular flexibility index (Phi) is 7.41. The van der Waals surface area contributed by atoms with E-state index in [9.17, 15) is 0 Å². The average molecular weight is 751 g/mol. The fraction of sp³-hybridized carbons (Fsp3) is 0.0182. The Morgan fingerprint density at radius 3 is 1.63 bits per heavy atom. The first kappa shape index (κ1) is 33.3. The molecule has 0 bridgehead atoms. The number of hydrogen-bond donors (Lipinski definition) is 0. The molecule has 0 atom stereocenters. The van der Waals surface area contributed by atoms with Gasteiger partial charge < -0.3 is 0 Å². The van der Waals surface area contributed by atoms with Crippen LogP contribution in [0, 0.1) is 0 Å². The van der Waals surface area contributed by atoms with Crippen molar-refractivity contribution in [1.29, 1.82) is 0 Å². The summed E-state index contributed by atoms with van der Waals surface area (Å²) >= 11 is 0. The Bertz CT molecular complexity index is 3210. The molecule has 3 aromatic heterocycles. The topological polar surface area (TPSA) is 51.6 Å². The second-order valence-corrected chi connectivity index (χ2v) is 15.4. The summed E-state index contributed by atoms with van der Waals surface area (Å²) in [4.78, 5) is 19.7. The Balaban J connectivity index is 1.05. The van der Waals surface area contributed by atoms with Gasteiger partial charge >= 0.3 is 0 Å². The predicted octanol–water partition coefficient (Wildman–Crippen LogP) is 13.1. The van der Waals surface area contributed by atoms with Crippen LogP contribution in [0.1, 0.15) is 22.3 Å². The van der Waals surface area contributed by atoms with Gasteiger partial charge in [-0.25, -0.2) is 9.97 Å². The molecule has 274 valence electrons. The highest BCUT2D eigenvalue weighted by molar-refractivity contribution is 5.97. The van der Waals surface area contributed by atoms with Crippen molar-refractivity contribution in [1.82, 2.24) is 19.9 Å². The molecule has 3 heterocycles. The molecule has 4 nitrogen and oxygen atoms in total. The van der Waals surface area contributed by atoms with Crippen LogP contribution in [0.15, 0.2) is 207 Å². The van der Waals surface area contributed by atoms with Crippen LogP contribution in [0.3, 0.4) is 0 Å². The SMILES string of the molecule is c1cncc(-c2cccc(-c3cc(-c4ccc(-c5cncc6ccccc56)cc4)nc(-c4ccc5c(c4)C4(c6ccccc6-c6ccccc64)c4ccccc4-5)n3)c2)c1. The molecule has 0 radical (unpaired) electrons. The summed E-state index contributed by atoms with van der Waals surface area (Å²) in [5, 5.41) is 2.30. The minimum atomic E-state index is -0.458. The third kappa shape index (κ3) is 5.10.